The van der Waals surface area contributed by atoms with Crippen molar-refractivity contribution in [2.45, 2.75) is 37.3 Å². The summed E-state index contributed by atoms with van der Waals surface area (Å²) in [4.78, 5) is 14.3. The number of nitrogen functional groups attached to an aromatic ring is 1. The average molecular weight is 375 g/mol. The van der Waals surface area contributed by atoms with Crippen LogP contribution in [-0.4, -0.2) is 51.6 Å². The Balaban J connectivity index is 1.56. The van der Waals surface area contributed by atoms with Gasteiger partial charge >= 0.3 is 0 Å². The van der Waals surface area contributed by atoms with Crippen molar-refractivity contribution < 1.29 is 9.53 Å². The van der Waals surface area contributed by atoms with Gasteiger partial charge in [0.15, 0.2) is 5.82 Å². The highest BCUT2D eigenvalue weighted by Gasteiger charge is 2.18. The molecule has 2 heterocycles. The van der Waals surface area contributed by atoms with Gasteiger partial charge in [-0.25, -0.2) is 4.68 Å². The Morgan fingerprint density at radius 1 is 1.15 bits per heavy atom. The maximum absolute atomic E-state index is 12.4. The molecular formula is C18H25N5O2S. The highest BCUT2D eigenvalue weighted by Crippen LogP contribution is 2.19. The van der Waals surface area contributed by atoms with E-state index >= 15 is 0 Å². The van der Waals surface area contributed by atoms with E-state index in [0.717, 1.165) is 37.2 Å². The van der Waals surface area contributed by atoms with Crippen LogP contribution in [0.3, 0.4) is 0 Å². The zero-order chi connectivity index (χ0) is 18.4. The number of aromatic nitrogens is 3. The summed E-state index contributed by atoms with van der Waals surface area (Å²) < 4.78 is 6.64. The summed E-state index contributed by atoms with van der Waals surface area (Å²) in [7, 11) is 1.64. The largest absolute Gasteiger partial charge is 0.497 e. The SMILES string of the molecule is COc1ccc(Cc2nnc(SCC(=O)N3CCCCCC3)n2N)cc1. The molecule has 1 saturated heterocycles. The molecule has 2 N–H and O–H groups in total. The van der Waals surface area contributed by atoms with Crippen molar-refractivity contribution in [2.24, 2.45) is 0 Å². The zero-order valence-corrected chi connectivity index (χ0v) is 15.9. The minimum Gasteiger partial charge on any atom is -0.497 e. The summed E-state index contributed by atoms with van der Waals surface area (Å²) in [6.07, 6.45) is 5.19. The third-order valence-electron chi connectivity index (χ3n) is 4.54. The highest BCUT2D eigenvalue weighted by atomic mass is 32.2. The van der Waals surface area contributed by atoms with E-state index in [1.807, 2.05) is 29.2 Å². The Bertz CT molecular complexity index is 724. The summed E-state index contributed by atoms with van der Waals surface area (Å²) in [5, 5.41) is 8.87. The van der Waals surface area contributed by atoms with E-state index in [1.54, 1.807) is 7.11 Å². The van der Waals surface area contributed by atoms with Crippen LogP contribution in [0.25, 0.3) is 0 Å². The maximum atomic E-state index is 12.4. The van der Waals surface area contributed by atoms with Gasteiger partial charge in [-0.15, -0.1) is 10.2 Å². The van der Waals surface area contributed by atoms with E-state index in [0.29, 0.717) is 23.2 Å². The Labute approximate surface area is 157 Å². The molecule has 1 aromatic heterocycles. The van der Waals surface area contributed by atoms with Crippen molar-refractivity contribution >= 4 is 17.7 Å². The lowest BCUT2D eigenvalue weighted by Gasteiger charge is -2.19. The number of ether oxygens (including phenoxy) is 1. The predicted octanol–water partition coefficient (Wildman–Crippen LogP) is 2.09. The average Bonchev–Trinajstić information content (AvgIpc) is 2.87. The molecule has 0 spiro atoms. The van der Waals surface area contributed by atoms with Gasteiger partial charge < -0.3 is 15.5 Å². The number of amides is 1. The molecule has 1 aliphatic heterocycles. The lowest BCUT2D eigenvalue weighted by atomic mass is 10.1. The van der Waals surface area contributed by atoms with Gasteiger partial charge in [-0.2, -0.15) is 0 Å². The molecule has 8 heteroatoms. The molecule has 0 unspecified atom stereocenters. The van der Waals surface area contributed by atoms with Gasteiger partial charge in [-0.1, -0.05) is 36.7 Å². The summed E-state index contributed by atoms with van der Waals surface area (Å²) in [6.45, 7) is 1.72. The van der Waals surface area contributed by atoms with Crippen molar-refractivity contribution in [2.75, 3.05) is 31.8 Å². The van der Waals surface area contributed by atoms with E-state index in [2.05, 4.69) is 10.2 Å². The molecule has 0 radical (unpaired) electrons. The van der Waals surface area contributed by atoms with E-state index in [1.165, 1.54) is 29.3 Å². The number of thioether (sulfide) groups is 1. The number of carbonyl (C=O) groups excluding carboxylic acids is 1. The van der Waals surface area contributed by atoms with Gasteiger partial charge in [0.25, 0.3) is 0 Å². The number of nitrogens with two attached hydrogens (primary N) is 1. The molecule has 2 aromatic rings. The number of carbonyl (C=O) groups is 1. The van der Waals surface area contributed by atoms with Gasteiger partial charge in [0.1, 0.15) is 5.75 Å². The lowest BCUT2D eigenvalue weighted by Crippen LogP contribution is -2.33. The summed E-state index contributed by atoms with van der Waals surface area (Å²) in [5.41, 5.74) is 1.07. The van der Waals surface area contributed by atoms with Crippen molar-refractivity contribution in [1.82, 2.24) is 19.8 Å². The molecule has 26 heavy (non-hydrogen) atoms. The topological polar surface area (TPSA) is 86.3 Å². The maximum Gasteiger partial charge on any atom is 0.233 e. The van der Waals surface area contributed by atoms with Gasteiger partial charge in [0.2, 0.25) is 11.1 Å². The molecule has 1 aliphatic rings. The minimum absolute atomic E-state index is 0.150. The Morgan fingerprint density at radius 3 is 2.50 bits per heavy atom. The first-order valence-corrected chi connectivity index (χ1v) is 9.89. The molecule has 3 rings (SSSR count). The fraction of sp³-hybridized carbons (Fsp3) is 0.500. The van der Waals surface area contributed by atoms with Crippen molar-refractivity contribution in [3.8, 4) is 5.75 Å². The zero-order valence-electron chi connectivity index (χ0n) is 15.1. The molecule has 1 fully saturated rings. The second kappa shape index (κ2) is 8.93. The van der Waals surface area contributed by atoms with Crippen molar-refractivity contribution in [1.29, 1.82) is 0 Å². The first kappa shape index (κ1) is 18.6. The molecule has 0 atom stereocenters. The van der Waals surface area contributed by atoms with Crippen LogP contribution in [-0.2, 0) is 11.2 Å². The van der Waals surface area contributed by atoms with Gasteiger partial charge in [0, 0.05) is 19.5 Å². The summed E-state index contributed by atoms with van der Waals surface area (Å²) in [5.74, 6) is 8.09. The van der Waals surface area contributed by atoms with E-state index in [-0.39, 0.29) is 5.91 Å². The van der Waals surface area contributed by atoms with Crippen LogP contribution in [0.1, 0.15) is 37.1 Å². The second-order valence-corrected chi connectivity index (χ2v) is 7.32. The number of benzene rings is 1. The predicted molar refractivity (Wildman–Crippen MR) is 102 cm³/mol. The van der Waals surface area contributed by atoms with Gasteiger partial charge in [0.05, 0.1) is 12.9 Å². The summed E-state index contributed by atoms with van der Waals surface area (Å²) in [6, 6.07) is 7.76. The molecule has 140 valence electrons. The quantitative estimate of drug-likeness (QED) is 0.615. The molecule has 0 aliphatic carbocycles. The molecular weight excluding hydrogens is 350 g/mol. The number of rotatable bonds is 6. The Hall–Kier alpha value is -2.22. The van der Waals surface area contributed by atoms with Crippen LogP contribution in [0, 0.1) is 0 Å². The smallest absolute Gasteiger partial charge is 0.233 e. The number of nitrogens with zero attached hydrogens (tertiary/aromatic N) is 4. The molecule has 0 bridgehead atoms. The monoisotopic (exact) mass is 375 g/mol. The van der Waals surface area contributed by atoms with Crippen LogP contribution < -0.4 is 10.6 Å². The minimum atomic E-state index is 0.150. The summed E-state index contributed by atoms with van der Waals surface area (Å²) >= 11 is 1.35. The third kappa shape index (κ3) is 4.69. The first-order valence-electron chi connectivity index (χ1n) is 8.90. The van der Waals surface area contributed by atoms with Crippen LogP contribution in [0.5, 0.6) is 5.75 Å². The van der Waals surface area contributed by atoms with Crippen molar-refractivity contribution in [3.05, 3.63) is 35.7 Å². The van der Waals surface area contributed by atoms with E-state index in [9.17, 15) is 4.79 Å². The van der Waals surface area contributed by atoms with Crippen LogP contribution in [0.4, 0.5) is 0 Å². The normalized spacial score (nSPS) is 14.9. The van der Waals surface area contributed by atoms with E-state index in [4.69, 9.17) is 10.6 Å². The van der Waals surface area contributed by atoms with Crippen LogP contribution >= 0.6 is 11.8 Å². The molecule has 7 nitrogen and oxygen atoms in total. The van der Waals surface area contributed by atoms with Crippen LogP contribution in [0.15, 0.2) is 29.4 Å². The number of hydrogen-bond acceptors (Lipinski definition) is 6. The highest BCUT2D eigenvalue weighted by molar-refractivity contribution is 7.99. The number of likely N-dealkylation sites (tertiary alicyclic amines) is 1. The fourth-order valence-corrected chi connectivity index (χ4v) is 3.77. The molecule has 1 amide bonds. The lowest BCUT2D eigenvalue weighted by molar-refractivity contribution is -0.128. The second-order valence-electron chi connectivity index (χ2n) is 6.38. The van der Waals surface area contributed by atoms with Gasteiger partial charge in [-0.05, 0) is 30.5 Å². The fourth-order valence-electron chi connectivity index (χ4n) is 2.99. The molecule has 0 saturated carbocycles. The van der Waals surface area contributed by atoms with Gasteiger partial charge in [-0.3, -0.25) is 4.79 Å². The Morgan fingerprint density at radius 2 is 1.85 bits per heavy atom. The Kier molecular flexibility index (Phi) is 6.38. The van der Waals surface area contributed by atoms with E-state index < -0.39 is 0 Å². The van der Waals surface area contributed by atoms with Crippen molar-refractivity contribution in [3.63, 3.8) is 0 Å². The first-order chi connectivity index (χ1) is 12.7. The number of hydrogen-bond donors (Lipinski definition) is 1. The standard InChI is InChI=1S/C18H25N5O2S/c1-25-15-8-6-14(7-9-15)12-16-20-21-18(23(16)19)26-13-17(24)22-10-4-2-3-5-11-22/h6-9H,2-5,10-13,19H2,1H3. The van der Waals surface area contributed by atoms with Crippen LogP contribution in [0.2, 0.25) is 0 Å². The molecule has 1 aromatic carbocycles. The number of methoxy groups -OCH3 is 1. The third-order valence-corrected chi connectivity index (χ3v) is 5.47.